The monoisotopic (exact) mass is 493 g/mol. The summed E-state index contributed by atoms with van der Waals surface area (Å²) in [5, 5.41) is -0.270. The van der Waals surface area contributed by atoms with Gasteiger partial charge in [0.1, 0.15) is 22.9 Å². The third-order valence-electron chi connectivity index (χ3n) is 4.86. The number of rotatable bonds is 5. The largest absolute Gasteiger partial charge is 0.438 e. The normalized spacial score (nSPS) is 14.6. The van der Waals surface area contributed by atoms with Gasteiger partial charge in [-0.15, -0.1) is 0 Å². The zero-order valence-corrected chi connectivity index (χ0v) is 19.4. The van der Waals surface area contributed by atoms with E-state index in [9.17, 15) is 18.0 Å². The highest BCUT2D eigenvalue weighted by Gasteiger charge is 2.32. The van der Waals surface area contributed by atoms with E-state index in [1.54, 1.807) is 29.3 Å². The summed E-state index contributed by atoms with van der Waals surface area (Å²) in [5.74, 6) is -0.230. The molecule has 1 aromatic heterocycles. The van der Waals surface area contributed by atoms with Gasteiger partial charge in [0.2, 0.25) is 5.88 Å². The van der Waals surface area contributed by atoms with Gasteiger partial charge >= 0.3 is 12.1 Å². The number of pyridine rings is 1. The molecule has 6 nitrogen and oxygen atoms in total. The molecule has 2 heterocycles. The minimum Gasteiger partial charge on any atom is -0.438 e. The van der Waals surface area contributed by atoms with Crippen molar-refractivity contribution in [3.8, 4) is 5.88 Å². The Kier molecular flexibility index (Phi) is 7.26. The molecule has 0 spiro atoms. The van der Waals surface area contributed by atoms with Crippen LogP contribution in [-0.2, 0) is 16.3 Å². The molecule has 1 aliphatic rings. The molecule has 1 aliphatic heterocycles. The van der Waals surface area contributed by atoms with Crippen LogP contribution < -0.4 is 10.5 Å². The number of alkyl halides is 3. The van der Waals surface area contributed by atoms with Crippen LogP contribution in [0, 0.1) is 0 Å². The third kappa shape index (κ3) is 6.32. The van der Waals surface area contributed by atoms with Gasteiger partial charge in [0.15, 0.2) is 0 Å². The van der Waals surface area contributed by atoms with Gasteiger partial charge < -0.3 is 20.1 Å². The topological polar surface area (TPSA) is 77.7 Å². The SMILES string of the molecule is CC(C)(C)c1ccc(C(=O)O/C=C(\N)N2C=CC(Oc3ncc(C(F)(F)F)cc3Cl)=CC2)cc1. The molecule has 34 heavy (non-hydrogen) atoms. The number of ether oxygens (including phenoxy) is 2. The number of nitrogens with zero attached hydrogens (tertiary/aromatic N) is 2. The highest BCUT2D eigenvalue weighted by atomic mass is 35.5. The molecular weight excluding hydrogens is 471 g/mol. The number of aromatic nitrogens is 1. The second-order valence-corrected chi connectivity index (χ2v) is 8.87. The Morgan fingerprint density at radius 3 is 2.38 bits per heavy atom. The van der Waals surface area contributed by atoms with Crippen molar-refractivity contribution in [2.75, 3.05) is 6.54 Å². The first kappa shape index (κ1) is 25.2. The standard InChI is InChI=1S/C24H23ClF3N3O3/c1-23(2,3)16-6-4-15(5-7-16)22(32)33-14-20(29)31-10-8-18(9-11-31)34-21-19(25)12-17(13-30-21)24(26,27)28/h4-10,12-14H,11,29H2,1-3H3/b20-14+. The molecule has 3 rings (SSSR count). The van der Waals surface area contributed by atoms with Crippen molar-refractivity contribution in [1.29, 1.82) is 0 Å². The Morgan fingerprint density at radius 2 is 1.85 bits per heavy atom. The predicted molar refractivity (Wildman–Crippen MR) is 122 cm³/mol. The lowest BCUT2D eigenvalue weighted by molar-refractivity contribution is -0.137. The van der Waals surface area contributed by atoms with E-state index in [0.717, 1.165) is 17.9 Å². The molecule has 0 aliphatic carbocycles. The van der Waals surface area contributed by atoms with Gasteiger partial charge in [-0.25, -0.2) is 9.78 Å². The summed E-state index contributed by atoms with van der Waals surface area (Å²) in [4.78, 5) is 17.5. The van der Waals surface area contributed by atoms with Gasteiger partial charge in [-0.2, -0.15) is 13.2 Å². The second kappa shape index (κ2) is 9.80. The molecule has 0 fully saturated rings. The van der Waals surface area contributed by atoms with E-state index in [4.69, 9.17) is 26.8 Å². The molecule has 10 heteroatoms. The van der Waals surface area contributed by atoms with Gasteiger partial charge in [0, 0.05) is 18.9 Å². The minimum absolute atomic E-state index is 0.0304. The van der Waals surface area contributed by atoms with Crippen LogP contribution in [0.15, 0.2) is 72.7 Å². The van der Waals surface area contributed by atoms with Crippen molar-refractivity contribution in [2.24, 2.45) is 5.73 Å². The number of carbonyl (C=O) groups excluding carboxylic acids is 1. The molecule has 0 saturated heterocycles. The van der Waals surface area contributed by atoms with Crippen LogP contribution in [0.3, 0.4) is 0 Å². The number of benzene rings is 1. The highest BCUT2D eigenvalue weighted by Crippen LogP contribution is 2.33. The van der Waals surface area contributed by atoms with E-state index < -0.39 is 17.7 Å². The lowest BCUT2D eigenvalue weighted by Gasteiger charge is -2.22. The van der Waals surface area contributed by atoms with Crippen LogP contribution >= 0.6 is 11.6 Å². The summed E-state index contributed by atoms with van der Waals surface area (Å²) in [7, 11) is 0. The summed E-state index contributed by atoms with van der Waals surface area (Å²) in [5.41, 5.74) is 6.47. The second-order valence-electron chi connectivity index (χ2n) is 8.46. The van der Waals surface area contributed by atoms with Crippen LogP contribution in [0.5, 0.6) is 5.88 Å². The van der Waals surface area contributed by atoms with Gasteiger partial charge in [0.05, 0.1) is 11.1 Å². The molecule has 2 N–H and O–H groups in total. The Hall–Kier alpha value is -3.46. The van der Waals surface area contributed by atoms with Crippen molar-refractivity contribution in [3.63, 3.8) is 0 Å². The summed E-state index contributed by atoms with van der Waals surface area (Å²) < 4.78 is 48.8. The van der Waals surface area contributed by atoms with E-state index >= 15 is 0 Å². The average Bonchev–Trinajstić information content (AvgIpc) is 2.78. The van der Waals surface area contributed by atoms with Crippen molar-refractivity contribution in [3.05, 3.63) is 94.4 Å². The Morgan fingerprint density at radius 1 is 1.18 bits per heavy atom. The molecule has 180 valence electrons. The van der Waals surface area contributed by atoms with Gasteiger partial charge in [-0.1, -0.05) is 44.5 Å². The lowest BCUT2D eigenvalue weighted by atomic mass is 9.87. The van der Waals surface area contributed by atoms with Crippen LogP contribution in [0.4, 0.5) is 13.2 Å². The number of hydrogen-bond donors (Lipinski definition) is 1. The van der Waals surface area contributed by atoms with Crippen LogP contribution in [0.1, 0.15) is 42.3 Å². The summed E-state index contributed by atoms with van der Waals surface area (Å²) in [6.45, 7) is 6.49. The number of hydrogen-bond acceptors (Lipinski definition) is 6. The fourth-order valence-corrected chi connectivity index (χ4v) is 3.08. The van der Waals surface area contributed by atoms with Crippen molar-refractivity contribution >= 4 is 17.6 Å². The van der Waals surface area contributed by atoms with Crippen molar-refractivity contribution in [2.45, 2.75) is 32.4 Å². The quantitative estimate of drug-likeness (QED) is 0.421. The van der Waals surface area contributed by atoms with Crippen LogP contribution in [0.25, 0.3) is 0 Å². The fraction of sp³-hybridized carbons (Fsp3) is 0.250. The lowest BCUT2D eigenvalue weighted by Crippen LogP contribution is -2.25. The van der Waals surface area contributed by atoms with Crippen molar-refractivity contribution in [1.82, 2.24) is 9.88 Å². The maximum atomic E-state index is 12.7. The number of nitrogens with two attached hydrogens (primary N) is 1. The molecule has 0 unspecified atom stereocenters. The Labute approximate surface area is 200 Å². The van der Waals surface area contributed by atoms with E-state index in [-0.39, 0.29) is 28.7 Å². The molecule has 1 aromatic carbocycles. The first-order chi connectivity index (χ1) is 15.8. The highest BCUT2D eigenvalue weighted by molar-refractivity contribution is 6.31. The smallest absolute Gasteiger partial charge is 0.417 e. The minimum atomic E-state index is -4.55. The zero-order chi connectivity index (χ0) is 25.1. The fourth-order valence-electron chi connectivity index (χ4n) is 2.87. The summed E-state index contributed by atoms with van der Waals surface area (Å²) in [6.07, 6.45) is 1.93. The maximum absolute atomic E-state index is 12.7. The maximum Gasteiger partial charge on any atom is 0.417 e. The first-order valence-electron chi connectivity index (χ1n) is 10.2. The molecular formula is C24H23ClF3N3O3. The van der Waals surface area contributed by atoms with Gasteiger partial charge in [0.25, 0.3) is 0 Å². The van der Waals surface area contributed by atoms with E-state index in [0.29, 0.717) is 17.5 Å². The van der Waals surface area contributed by atoms with Crippen LogP contribution in [0.2, 0.25) is 5.02 Å². The zero-order valence-electron chi connectivity index (χ0n) is 18.7. The molecule has 0 amide bonds. The number of allylic oxidation sites excluding steroid dienone is 1. The van der Waals surface area contributed by atoms with Gasteiger partial charge in [-0.05, 0) is 41.3 Å². The molecule has 2 aromatic rings. The third-order valence-corrected chi connectivity index (χ3v) is 5.13. The number of esters is 1. The first-order valence-corrected chi connectivity index (χ1v) is 10.5. The predicted octanol–water partition coefficient (Wildman–Crippen LogP) is 5.76. The number of halogens is 4. The molecule has 0 bridgehead atoms. The van der Waals surface area contributed by atoms with E-state index in [1.165, 1.54) is 6.08 Å². The average molecular weight is 494 g/mol. The molecule has 0 atom stereocenters. The van der Waals surface area contributed by atoms with E-state index in [2.05, 4.69) is 25.8 Å². The molecule has 0 saturated carbocycles. The van der Waals surface area contributed by atoms with Gasteiger partial charge in [-0.3, -0.25) is 0 Å². The number of carbonyl (C=O) groups is 1. The summed E-state index contributed by atoms with van der Waals surface area (Å²) >= 11 is 5.86. The molecule has 0 radical (unpaired) electrons. The Bertz CT molecular complexity index is 1150. The summed E-state index contributed by atoms with van der Waals surface area (Å²) in [6, 6.07) is 7.89. The van der Waals surface area contributed by atoms with Crippen molar-refractivity contribution < 1.29 is 27.4 Å². The Balaban J connectivity index is 1.57. The van der Waals surface area contributed by atoms with Crippen LogP contribution in [-0.4, -0.2) is 22.4 Å². The van der Waals surface area contributed by atoms with E-state index in [1.807, 2.05) is 12.1 Å².